The van der Waals surface area contributed by atoms with Crippen molar-refractivity contribution in [2.75, 3.05) is 0 Å². The second kappa shape index (κ2) is 7.04. The van der Waals surface area contributed by atoms with Crippen molar-refractivity contribution in [3.63, 3.8) is 0 Å². The SMILES string of the molecule is C[n+]1cc(CO)n(Cc2ccc(C#N)cc2)c1.[Ac]. The molecule has 1 aromatic carbocycles. The Labute approximate surface area is 142 Å². The monoisotopic (exact) mass is 455 g/mol. The minimum absolute atomic E-state index is 0. The van der Waals surface area contributed by atoms with Gasteiger partial charge in [0.2, 0.25) is 6.33 Å². The fraction of sp³-hybridized carbons (Fsp3) is 0.231. The summed E-state index contributed by atoms with van der Waals surface area (Å²) in [5, 5.41) is 17.9. The van der Waals surface area contributed by atoms with Crippen molar-refractivity contribution < 1.29 is 53.7 Å². The van der Waals surface area contributed by atoms with Crippen molar-refractivity contribution in [3.05, 3.63) is 53.6 Å². The molecule has 0 aliphatic rings. The van der Waals surface area contributed by atoms with Crippen LogP contribution >= 0.6 is 0 Å². The van der Waals surface area contributed by atoms with E-state index in [0.29, 0.717) is 12.1 Å². The Morgan fingerprint density at radius 3 is 2.56 bits per heavy atom. The summed E-state index contributed by atoms with van der Waals surface area (Å²) in [6, 6.07) is 9.56. The van der Waals surface area contributed by atoms with Gasteiger partial charge in [-0.2, -0.15) is 5.26 Å². The van der Waals surface area contributed by atoms with Crippen molar-refractivity contribution in [2.24, 2.45) is 7.05 Å². The maximum absolute atomic E-state index is 9.21. The van der Waals surface area contributed by atoms with E-state index in [9.17, 15) is 5.11 Å². The van der Waals surface area contributed by atoms with Crippen LogP contribution in [0.5, 0.6) is 0 Å². The molecule has 0 atom stereocenters. The zero-order valence-corrected chi connectivity index (χ0v) is 15.0. The molecule has 0 amide bonds. The average molecular weight is 455 g/mol. The van der Waals surface area contributed by atoms with E-state index in [1.54, 1.807) is 12.1 Å². The summed E-state index contributed by atoms with van der Waals surface area (Å²) in [7, 11) is 1.93. The Bertz CT molecular complexity index is 555. The predicted molar refractivity (Wildman–Crippen MR) is 61.8 cm³/mol. The first-order valence-corrected chi connectivity index (χ1v) is 5.37. The fourth-order valence-corrected chi connectivity index (χ4v) is 1.79. The summed E-state index contributed by atoms with van der Waals surface area (Å²) in [4.78, 5) is 0. The number of nitrogens with zero attached hydrogens (tertiary/aromatic N) is 3. The number of rotatable bonds is 3. The maximum Gasteiger partial charge on any atom is 0.244 e. The number of nitriles is 1. The van der Waals surface area contributed by atoms with Gasteiger partial charge in [0.25, 0.3) is 0 Å². The Morgan fingerprint density at radius 2 is 2.00 bits per heavy atom. The third kappa shape index (κ3) is 3.66. The average Bonchev–Trinajstić information content (AvgIpc) is 2.70. The first kappa shape index (κ1) is 15.4. The summed E-state index contributed by atoms with van der Waals surface area (Å²) in [6.07, 6.45) is 3.83. The largest absolute Gasteiger partial charge is 0.388 e. The summed E-state index contributed by atoms with van der Waals surface area (Å²) < 4.78 is 3.90. The molecule has 2 rings (SSSR count). The minimum Gasteiger partial charge on any atom is -0.388 e. The third-order valence-corrected chi connectivity index (χ3v) is 2.64. The van der Waals surface area contributed by atoms with Gasteiger partial charge in [0.15, 0.2) is 5.69 Å². The van der Waals surface area contributed by atoms with Gasteiger partial charge in [0, 0.05) is 44.1 Å². The molecule has 0 unspecified atom stereocenters. The molecule has 5 heteroatoms. The molecule has 0 saturated carbocycles. The fourth-order valence-electron chi connectivity index (χ4n) is 1.79. The van der Waals surface area contributed by atoms with Gasteiger partial charge in [-0.25, -0.2) is 9.13 Å². The molecule has 1 heterocycles. The van der Waals surface area contributed by atoms with Crippen LogP contribution in [0.4, 0.5) is 0 Å². The Hall–Kier alpha value is -0.678. The smallest absolute Gasteiger partial charge is 0.244 e. The molecule has 4 nitrogen and oxygen atoms in total. The first-order chi connectivity index (χ1) is 8.22. The van der Waals surface area contributed by atoms with Crippen LogP contribution < -0.4 is 4.57 Å². The molecule has 0 spiro atoms. The van der Waals surface area contributed by atoms with Crippen LogP contribution in [0.3, 0.4) is 0 Å². The van der Waals surface area contributed by atoms with Gasteiger partial charge in [-0.15, -0.1) is 0 Å². The molecule has 1 aromatic heterocycles. The number of benzene rings is 1. The molecule has 1 radical (unpaired) electrons. The summed E-state index contributed by atoms with van der Waals surface area (Å²) in [6.45, 7) is 0.722. The van der Waals surface area contributed by atoms with Gasteiger partial charge >= 0.3 is 0 Å². The van der Waals surface area contributed by atoms with Gasteiger partial charge in [0.05, 0.1) is 18.7 Å². The van der Waals surface area contributed by atoms with E-state index in [0.717, 1.165) is 11.3 Å². The molecule has 0 aliphatic carbocycles. The molecule has 1 N–H and O–H groups in total. The van der Waals surface area contributed by atoms with Crippen LogP contribution in [0.25, 0.3) is 0 Å². The van der Waals surface area contributed by atoms with E-state index in [1.807, 2.05) is 40.8 Å². The van der Waals surface area contributed by atoms with Crippen LogP contribution in [0.15, 0.2) is 36.8 Å². The standard InChI is InChI=1S/C13H14N3O.Ac/c1-15-8-13(9-17)16(10-15)7-12-4-2-11(6-14)3-5-12;/h2-5,8,10,17H,7,9H2,1H3;/q+1;. The molecule has 2 aromatic rings. The van der Waals surface area contributed by atoms with Gasteiger partial charge < -0.3 is 5.11 Å². The van der Waals surface area contributed by atoms with Gasteiger partial charge in [0.1, 0.15) is 19.3 Å². The Kier molecular flexibility index (Phi) is 6.02. The molecule has 0 saturated heterocycles. The second-order valence-corrected chi connectivity index (χ2v) is 4.00. The van der Waals surface area contributed by atoms with E-state index < -0.39 is 0 Å². The van der Waals surface area contributed by atoms with Crippen LogP contribution in [-0.4, -0.2) is 9.67 Å². The zero-order valence-electron chi connectivity index (χ0n) is 10.2. The Balaban J connectivity index is 0.00000162. The van der Waals surface area contributed by atoms with Gasteiger partial charge in [-0.3, -0.25) is 0 Å². The van der Waals surface area contributed by atoms with E-state index >= 15 is 0 Å². The van der Waals surface area contributed by atoms with Crippen LogP contribution in [0.1, 0.15) is 16.8 Å². The van der Waals surface area contributed by atoms with E-state index in [1.165, 1.54) is 0 Å². The van der Waals surface area contributed by atoms with Crippen molar-refractivity contribution >= 4 is 0 Å². The van der Waals surface area contributed by atoms with Crippen molar-refractivity contribution in [1.82, 2.24) is 4.57 Å². The van der Waals surface area contributed by atoms with Crippen molar-refractivity contribution in [1.29, 1.82) is 5.26 Å². The molecular formula is C13H14AcN3O+. The number of aromatic nitrogens is 2. The van der Waals surface area contributed by atoms with E-state index in [-0.39, 0.29) is 50.7 Å². The molecule has 0 bridgehead atoms. The maximum atomic E-state index is 9.21. The van der Waals surface area contributed by atoms with Crippen LogP contribution in [0.2, 0.25) is 0 Å². The number of hydrogen-bond acceptors (Lipinski definition) is 2. The van der Waals surface area contributed by atoms with Gasteiger partial charge in [-0.1, -0.05) is 12.1 Å². The van der Waals surface area contributed by atoms with Crippen LogP contribution in [-0.2, 0) is 20.2 Å². The topological polar surface area (TPSA) is 52.8 Å². The zero-order chi connectivity index (χ0) is 12.3. The minimum atomic E-state index is 0. The molecule has 0 aliphatic heterocycles. The van der Waals surface area contributed by atoms with Crippen molar-refractivity contribution in [3.8, 4) is 6.07 Å². The molecular weight excluding hydrogens is 441 g/mol. The van der Waals surface area contributed by atoms with Gasteiger partial charge in [-0.05, 0) is 17.7 Å². The molecule has 89 valence electrons. The first-order valence-electron chi connectivity index (χ1n) is 5.37. The number of aliphatic hydroxyl groups is 1. The van der Waals surface area contributed by atoms with E-state index in [4.69, 9.17) is 5.26 Å². The van der Waals surface area contributed by atoms with Crippen LogP contribution in [0, 0.1) is 55.4 Å². The molecule has 18 heavy (non-hydrogen) atoms. The number of hydrogen-bond donors (Lipinski definition) is 1. The quantitative estimate of drug-likeness (QED) is 0.695. The number of aliphatic hydroxyl groups excluding tert-OH is 1. The normalized spacial score (nSPS) is 9.61. The molecule has 0 fully saturated rings. The second-order valence-electron chi connectivity index (χ2n) is 4.00. The summed E-state index contributed by atoms with van der Waals surface area (Å²) in [5.41, 5.74) is 2.64. The van der Waals surface area contributed by atoms with Crippen molar-refractivity contribution in [2.45, 2.75) is 13.2 Å². The Morgan fingerprint density at radius 1 is 1.33 bits per heavy atom. The number of imidazole rings is 1. The summed E-state index contributed by atoms with van der Waals surface area (Å²) >= 11 is 0. The van der Waals surface area contributed by atoms with E-state index in [2.05, 4.69) is 6.07 Å². The number of aryl methyl sites for hydroxylation is 1. The summed E-state index contributed by atoms with van der Waals surface area (Å²) in [5.74, 6) is 0. The third-order valence-electron chi connectivity index (χ3n) is 2.64. The predicted octanol–water partition coefficient (Wildman–Crippen LogP) is 0.725.